The molecule has 1 aromatic rings. The van der Waals surface area contributed by atoms with Crippen LogP contribution in [0.15, 0.2) is 30.4 Å². The second-order valence-corrected chi connectivity index (χ2v) is 3.87. The molecule has 110 valence electrons. The van der Waals surface area contributed by atoms with Crippen molar-refractivity contribution in [3.63, 3.8) is 0 Å². The monoisotopic (exact) mass is 291 g/mol. The predicted molar refractivity (Wildman–Crippen MR) is 65.7 cm³/mol. The highest BCUT2D eigenvalue weighted by Crippen LogP contribution is 2.32. The van der Waals surface area contributed by atoms with Crippen LogP contribution in [0.1, 0.15) is 12.5 Å². The van der Waals surface area contributed by atoms with Crippen LogP contribution in [0.3, 0.4) is 0 Å². The number of hydrogen-bond acceptors (Lipinski definition) is 3. The Hall–Kier alpha value is -2.05. The van der Waals surface area contributed by atoms with Crippen molar-refractivity contribution < 1.29 is 27.1 Å². The molecule has 0 bridgehead atoms. The van der Waals surface area contributed by atoms with E-state index in [1.165, 1.54) is 0 Å². The minimum Gasteiger partial charge on any atom is -0.463 e. The van der Waals surface area contributed by atoms with Gasteiger partial charge in [0.2, 0.25) is 0 Å². The fourth-order valence-electron chi connectivity index (χ4n) is 1.37. The van der Waals surface area contributed by atoms with Crippen molar-refractivity contribution in [1.29, 1.82) is 0 Å². The van der Waals surface area contributed by atoms with E-state index in [1.807, 2.05) is 0 Å². The number of esters is 1. The minimum absolute atomic E-state index is 0.0316. The van der Waals surface area contributed by atoms with Gasteiger partial charge in [-0.25, -0.2) is 9.18 Å². The smallest absolute Gasteiger partial charge is 0.419 e. The zero-order chi connectivity index (χ0) is 15.3. The lowest BCUT2D eigenvalue weighted by Crippen LogP contribution is -2.15. The predicted octanol–water partition coefficient (Wildman–Crippen LogP) is 3.38. The number of anilines is 1. The Bertz CT molecular complexity index is 512. The van der Waals surface area contributed by atoms with E-state index in [0.717, 1.165) is 6.07 Å². The molecule has 0 amide bonds. The van der Waals surface area contributed by atoms with Crippen LogP contribution in [0, 0.1) is 5.82 Å². The molecule has 0 saturated carbocycles. The zero-order valence-corrected chi connectivity index (χ0v) is 10.7. The van der Waals surface area contributed by atoms with Gasteiger partial charge in [-0.15, -0.1) is 0 Å². The summed E-state index contributed by atoms with van der Waals surface area (Å²) in [5.74, 6) is -1.99. The van der Waals surface area contributed by atoms with Crippen LogP contribution >= 0.6 is 0 Å². The van der Waals surface area contributed by atoms with Gasteiger partial charge in [-0.1, -0.05) is 6.58 Å². The van der Waals surface area contributed by atoms with Gasteiger partial charge in [0, 0.05) is 17.8 Å². The lowest BCUT2D eigenvalue weighted by molar-refractivity contribution is -0.140. The van der Waals surface area contributed by atoms with Crippen molar-refractivity contribution >= 4 is 11.7 Å². The van der Waals surface area contributed by atoms with E-state index in [9.17, 15) is 22.4 Å². The lowest BCUT2D eigenvalue weighted by atomic mass is 10.1. The molecule has 1 N–H and O–H groups in total. The number of hydrogen-bond donors (Lipinski definition) is 1. The highest BCUT2D eigenvalue weighted by Gasteiger charge is 2.34. The van der Waals surface area contributed by atoms with E-state index in [2.05, 4.69) is 16.6 Å². The Morgan fingerprint density at radius 2 is 2.05 bits per heavy atom. The summed E-state index contributed by atoms with van der Waals surface area (Å²) in [5, 5.41) is 2.56. The number of carbonyl (C=O) groups excluding carboxylic acids is 1. The maximum absolute atomic E-state index is 13.1. The molecule has 0 atom stereocenters. The summed E-state index contributed by atoms with van der Waals surface area (Å²) in [5.41, 5.74) is -1.28. The third-order valence-electron chi connectivity index (χ3n) is 2.34. The van der Waals surface area contributed by atoms with Crippen LogP contribution < -0.4 is 5.32 Å². The van der Waals surface area contributed by atoms with E-state index < -0.39 is 23.5 Å². The first-order chi connectivity index (χ1) is 9.25. The van der Waals surface area contributed by atoms with E-state index in [4.69, 9.17) is 0 Å². The number of benzene rings is 1. The number of rotatable bonds is 5. The molecule has 0 aliphatic rings. The van der Waals surface area contributed by atoms with Crippen molar-refractivity contribution in [2.24, 2.45) is 0 Å². The van der Waals surface area contributed by atoms with Crippen LogP contribution in [-0.4, -0.2) is 19.1 Å². The van der Waals surface area contributed by atoms with Crippen molar-refractivity contribution in [2.75, 3.05) is 18.5 Å². The molecule has 0 heterocycles. The molecular formula is C13H13F4NO2. The topological polar surface area (TPSA) is 38.3 Å². The van der Waals surface area contributed by atoms with Crippen molar-refractivity contribution in [2.45, 2.75) is 13.1 Å². The van der Waals surface area contributed by atoms with Crippen LogP contribution in [-0.2, 0) is 15.7 Å². The third kappa shape index (κ3) is 4.25. The van der Waals surface area contributed by atoms with Crippen LogP contribution in [0.4, 0.5) is 23.2 Å². The van der Waals surface area contributed by atoms with Gasteiger partial charge in [0.25, 0.3) is 0 Å². The largest absolute Gasteiger partial charge is 0.463 e. The molecular weight excluding hydrogens is 278 g/mol. The maximum atomic E-state index is 13.1. The van der Waals surface area contributed by atoms with E-state index in [1.54, 1.807) is 6.92 Å². The zero-order valence-electron chi connectivity index (χ0n) is 10.7. The Balaban J connectivity index is 2.75. The second-order valence-electron chi connectivity index (χ2n) is 3.87. The molecule has 0 aliphatic heterocycles. The van der Waals surface area contributed by atoms with Crippen molar-refractivity contribution in [3.05, 3.63) is 41.7 Å². The van der Waals surface area contributed by atoms with E-state index in [0.29, 0.717) is 12.1 Å². The Labute approximate surface area is 113 Å². The molecule has 0 aromatic heterocycles. The molecule has 0 unspecified atom stereocenters. The Kier molecular flexibility index (Phi) is 5.12. The van der Waals surface area contributed by atoms with Crippen molar-refractivity contribution in [3.8, 4) is 0 Å². The third-order valence-corrected chi connectivity index (χ3v) is 2.34. The maximum Gasteiger partial charge on any atom is 0.419 e. The molecule has 0 fully saturated rings. The van der Waals surface area contributed by atoms with Gasteiger partial charge in [0.05, 0.1) is 12.2 Å². The number of carbonyl (C=O) groups is 1. The summed E-state index contributed by atoms with van der Waals surface area (Å²) in [6.07, 6.45) is -4.78. The summed E-state index contributed by atoms with van der Waals surface area (Å²) in [6, 6.07) is 2.48. The minimum atomic E-state index is -4.78. The quantitative estimate of drug-likeness (QED) is 0.513. The average molecular weight is 291 g/mol. The standard InChI is InChI=1S/C13H13F4NO2/c1-3-20-12(19)8(2)7-18-9-4-5-11(14)10(6-9)13(15,16)17/h4-6,18H,2-3,7H2,1H3. The highest BCUT2D eigenvalue weighted by molar-refractivity contribution is 5.88. The SMILES string of the molecule is C=C(CNc1ccc(F)c(C(F)(F)F)c1)C(=O)OCC. The molecule has 3 nitrogen and oxygen atoms in total. The van der Waals surface area contributed by atoms with Gasteiger partial charge < -0.3 is 10.1 Å². The molecule has 0 spiro atoms. The molecule has 20 heavy (non-hydrogen) atoms. The van der Waals surface area contributed by atoms with Gasteiger partial charge in [-0.05, 0) is 25.1 Å². The van der Waals surface area contributed by atoms with Gasteiger partial charge >= 0.3 is 12.1 Å². The summed E-state index contributed by atoms with van der Waals surface area (Å²) < 4.78 is 55.2. The van der Waals surface area contributed by atoms with Gasteiger partial charge in [0.1, 0.15) is 5.82 Å². The summed E-state index contributed by atoms with van der Waals surface area (Å²) in [7, 11) is 0. The van der Waals surface area contributed by atoms with Gasteiger partial charge in [-0.3, -0.25) is 0 Å². The molecule has 1 rings (SSSR count). The fraction of sp³-hybridized carbons (Fsp3) is 0.308. The Morgan fingerprint density at radius 3 is 2.60 bits per heavy atom. The Morgan fingerprint density at radius 1 is 1.40 bits per heavy atom. The molecule has 1 aromatic carbocycles. The van der Waals surface area contributed by atoms with Crippen LogP contribution in [0.2, 0.25) is 0 Å². The lowest BCUT2D eigenvalue weighted by Gasteiger charge is -2.12. The first-order valence-corrected chi connectivity index (χ1v) is 5.71. The summed E-state index contributed by atoms with van der Waals surface area (Å²) in [6.45, 7) is 5.14. The summed E-state index contributed by atoms with van der Waals surface area (Å²) >= 11 is 0. The number of ether oxygens (including phenoxy) is 1. The van der Waals surface area contributed by atoms with Gasteiger partial charge in [-0.2, -0.15) is 13.2 Å². The normalized spacial score (nSPS) is 11.1. The number of halogens is 4. The number of alkyl halides is 3. The first-order valence-electron chi connectivity index (χ1n) is 5.71. The molecule has 7 heteroatoms. The molecule has 0 aliphatic carbocycles. The van der Waals surface area contributed by atoms with E-state index >= 15 is 0 Å². The van der Waals surface area contributed by atoms with Crippen LogP contribution in [0.5, 0.6) is 0 Å². The molecule has 0 radical (unpaired) electrons. The highest BCUT2D eigenvalue weighted by atomic mass is 19.4. The fourth-order valence-corrected chi connectivity index (χ4v) is 1.37. The second kappa shape index (κ2) is 6.40. The number of nitrogens with one attached hydrogen (secondary N) is 1. The van der Waals surface area contributed by atoms with Crippen molar-refractivity contribution in [1.82, 2.24) is 0 Å². The van der Waals surface area contributed by atoms with Gasteiger partial charge in [0.15, 0.2) is 0 Å². The van der Waals surface area contributed by atoms with E-state index in [-0.39, 0.29) is 24.4 Å². The van der Waals surface area contributed by atoms with Crippen LogP contribution in [0.25, 0.3) is 0 Å². The summed E-state index contributed by atoms with van der Waals surface area (Å²) in [4.78, 5) is 11.2. The average Bonchev–Trinajstić information content (AvgIpc) is 2.36. The molecule has 0 saturated heterocycles. The first kappa shape index (κ1) is 16.0.